The van der Waals surface area contributed by atoms with E-state index in [4.69, 9.17) is 9.47 Å². The molecule has 0 saturated carbocycles. The monoisotopic (exact) mass is 322 g/mol. The normalized spacial score (nSPS) is 16.6. The van der Waals surface area contributed by atoms with Crippen molar-refractivity contribution >= 4 is 11.4 Å². The highest BCUT2D eigenvalue weighted by atomic mass is 16.5. The Morgan fingerprint density at radius 2 is 1.62 bits per heavy atom. The summed E-state index contributed by atoms with van der Waals surface area (Å²) in [6.07, 6.45) is 0.954. The van der Waals surface area contributed by atoms with Gasteiger partial charge in [0.1, 0.15) is 5.71 Å². The standard InChI is InChI=1S/C20H22N2O2/c1-5-15-13(2)21-22-20(14-9-7-6-8-10-14)17-12-19(24-4)18(23-3)11-16(15)17/h6-12,15H,5H2,1-4H3. The molecule has 0 fully saturated rings. The van der Waals surface area contributed by atoms with E-state index in [2.05, 4.69) is 35.3 Å². The fraction of sp³-hybridized carbons (Fsp3) is 0.300. The van der Waals surface area contributed by atoms with Crippen LogP contribution in [0.2, 0.25) is 0 Å². The molecule has 4 nitrogen and oxygen atoms in total. The molecule has 1 aliphatic heterocycles. The fourth-order valence-corrected chi connectivity index (χ4v) is 3.19. The van der Waals surface area contributed by atoms with Crippen LogP contribution in [0, 0.1) is 0 Å². The van der Waals surface area contributed by atoms with Crippen LogP contribution in [0.4, 0.5) is 0 Å². The van der Waals surface area contributed by atoms with E-state index < -0.39 is 0 Å². The molecular weight excluding hydrogens is 300 g/mol. The highest BCUT2D eigenvalue weighted by Crippen LogP contribution is 2.38. The van der Waals surface area contributed by atoms with E-state index in [9.17, 15) is 0 Å². The first-order chi connectivity index (χ1) is 11.7. The van der Waals surface area contributed by atoms with Crippen LogP contribution >= 0.6 is 0 Å². The van der Waals surface area contributed by atoms with Gasteiger partial charge in [0, 0.05) is 22.8 Å². The summed E-state index contributed by atoms with van der Waals surface area (Å²) in [5.41, 5.74) is 5.14. The fourth-order valence-electron chi connectivity index (χ4n) is 3.19. The van der Waals surface area contributed by atoms with Gasteiger partial charge in [0.25, 0.3) is 0 Å². The summed E-state index contributed by atoms with van der Waals surface area (Å²) in [5, 5.41) is 9.04. The maximum absolute atomic E-state index is 5.51. The van der Waals surface area contributed by atoms with Crippen LogP contribution in [-0.4, -0.2) is 25.6 Å². The van der Waals surface area contributed by atoms with Crippen molar-refractivity contribution in [2.75, 3.05) is 14.2 Å². The van der Waals surface area contributed by atoms with Gasteiger partial charge in [0.05, 0.1) is 14.2 Å². The lowest BCUT2D eigenvalue weighted by molar-refractivity contribution is 0.354. The van der Waals surface area contributed by atoms with Crippen LogP contribution in [-0.2, 0) is 0 Å². The molecule has 0 amide bonds. The smallest absolute Gasteiger partial charge is 0.161 e. The Kier molecular flexibility index (Phi) is 4.65. The van der Waals surface area contributed by atoms with Gasteiger partial charge in [-0.3, -0.25) is 0 Å². The van der Waals surface area contributed by atoms with Gasteiger partial charge in [-0.15, -0.1) is 5.10 Å². The van der Waals surface area contributed by atoms with E-state index in [0.717, 1.165) is 34.7 Å². The zero-order chi connectivity index (χ0) is 17.1. The zero-order valence-electron chi connectivity index (χ0n) is 14.5. The Balaban J connectivity index is 2.28. The Morgan fingerprint density at radius 3 is 2.25 bits per heavy atom. The second-order valence-electron chi connectivity index (χ2n) is 5.81. The molecule has 4 heteroatoms. The van der Waals surface area contributed by atoms with Gasteiger partial charge in [0.2, 0.25) is 0 Å². The molecule has 0 saturated heterocycles. The SMILES string of the molecule is CCC1C(C)=NN=C(c2ccccc2)c2cc(OC)c(OC)cc21. The third kappa shape index (κ3) is 2.80. The highest BCUT2D eigenvalue weighted by molar-refractivity contribution is 6.15. The van der Waals surface area contributed by atoms with Gasteiger partial charge in [-0.2, -0.15) is 5.10 Å². The molecule has 1 atom stereocenters. The quantitative estimate of drug-likeness (QED) is 0.836. The number of ether oxygens (including phenoxy) is 2. The molecule has 0 radical (unpaired) electrons. The van der Waals surface area contributed by atoms with Crippen LogP contribution in [0.15, 0.2) is 52.7 Å². The van der Waals surface area contributed by atoms with Crippen molar-refractivity contribution < 1.29 is 9.47 Å². The molecule has 124 valence electrons. The molecule has 24 heavy (non-hydrogen) atoms. The molecule has 1 unspecified atom stereocenters. The Bertz CT molecular complexity index is 795. The van der Waals surface area contributed by atoms with Gasteiger partial charge in [-0.05, 0) is 31.0 Å². The van der Waals surface area contributed by atoms with Crippen LogP contribution in [0.5, 0.6) is 11.5 Å². The summed E-state index contributed by atoms with van der Waals surface area (Å²) in [5.74, 6) is 1.65. The number of nitrogens with zero attached hydrogens (tertiary/aromatic N) is 2. The van der Waals surface area contributed by atoms with Crippen LogP contribution in [0.1, 0.15) is 42.9 Å². The van der Waals surface area contributed by atoms with E-state index in [1.54, 1.807) is 14.2 Å². The third-order valence-corrected chi connectivity index (χ3v) is 4.45. The molecule has 0 N–H and O–H groups in total. The summed E-state index contributed by atoms with van der Waals surface area (Å²) >= 11 is 0. The first-order valence-electron chi connectivity index (χ1n) is 8.13. The van der Waals surface area contributed by atoms with Crippen molar-refractivity contribution in [3.63, 3.8) is 0 Å². The molecule has 1 aliphatic rings. The lowest BCUT2D eigenvalue weighted by Gasteiger charge is -2.20. The summed E-state index contributed by atoms with van der Waals surface area (Å²) in [6, 6.07) is 14.2. The molecule has 0 aliphatic carbocycles. The maximum atomic E-state index is 5.51. The van der Waals surface area contributed by atoms with Crippen molar-refractivity contribution in [2.24, 2.45) is 10.2 Å². The van der Waals surface area contributed by atoms with Crippen LogP contribution in [0.25, 0.3) is 0 Å². The summed E-state index contributed by atoms with van der Waals surface area (Å²) in [4.78, 5) is 0. The predicted molar refractivity (Wildman–Crippen MR) is 97.8 cm³/mol. The summed E-state index contributed by atoms with van der Waals surface area (Å²) in [6.45, 7) is 4.20. The van der Waals surface area contributed by atoms with Gasteiger partial charge in [-0.25, -0.2) is 0 Å². The number of rotatable bonds is 4. The van der Waals surface area contributed by atoms with Gasteiger partial charge < -0.3 is 9.47 Å². The van der Waals surface area contributed by atoms with E-state index in [-0.39, 0.29) is 5.92 Å². The van der Waals surface area contributed by atoms with Crippen molar-refractivity contribution in [3.05, 3.63) is 59.2 Å². The lowest BCUT2D eigenvalue weighted by Crippen LogP contribution is -2.12. The molecule has 1 heterocycles. The first-order valence-corrected chi connectivity index (χ1v) is 8.13. The molecule has 2 aromatic carbocycles. The number of hydrogen-bond donors (Lipinski definition) is 0. The van der Waals surface area contributed by atoms with Crippen molar-refractivity contribution in [2.45, 2.75) is 26.2 Å². The zero-order valence-corrected chi connectivity index (χ0v) is 14.5. The van der Waals surface area contributed by atoms with E-state index >= 15 is 0 Å². The molecular formula is C20H22N2O2. The van der Waals surface area contributed by atoms with E-state index in [1.807, 2.05) is 31.2 Å². The number of hydrogen-bond acceptors (Lipinski definition) is 4. The Labute approximate surface area is 142 Å². The largest absolute Gasteiger partial charge is 0.493 e. The van der Waals surface area contributed by atoms with Crippen molar-refractivity contribution in [1.82, 2.24) is 0 Å². The van der Waals surface area contributed by atoms with Crippen LogP contribution < -0.4 is 9.47 Å². The van der Waals surface area contributed by atoms with Gasteiger partial charge in [-0.1, -0.05) is 37.3 Å². The summed E-state index contributed by atoms with van der Waals surface area (Å²) < 4.78 is 11.0. The first kappa shape index (κ1) is 16.2. The number of fused-ring (bicyclic) bond motifs is 1. The minimum atomic E-state index is 0.213. The van der Waals surface area contributed by atoms with Crippen molar-refractivity contribution in [1.29, 1.82) is 0 Å². The van der Waals surface area contributed by atoms with Crippen molar-refractivity contribution in [3.8, 4) is 11.5 Å². The Hall–Kier alpha value is -2.62. The van der Waals surface area contributed by atoms with Crippen LogP contribution in [0.3, 0.4) is 0 Å². The predicted octanol–water partition coefficient (Wildman–Crippen LogP) is 4.42. The number of benzene rings is 2. The van der Waals surface area contributed by atoms with Gasteiger partial charge >= 0.3 is 0 Å². The van der Waals surface area contributed by atoms with E-state index in [0.29, 0.717) is 5.75 Å². The average Bonchev–Trinajstić information content (AvgIpc) is 2.76. The lowest BCUT2D eigenvalue weighted by atomic mass is 9.86. The summed E-state index contributed by atoms with van der Waals surface area (Å²) in [7, 11) is 3.31. The molecule has 0 spiro atoms. The number of methoxy groups -OCH3 is 2. The molecule has 3 rings (SSSR count). The second-order valence-corrected chi connectivity index (χ2v) is 5.81. The highest BCUT2D eigenvalue weighted by Gasteiger charge is 2.25. The minimum absolute atomic E-state index is 0.213. The molecule has 0 aromatic heterocycles. The average molecular weight is 322 g/mol. The topological polar surface area (TPSA) is 43.2 Å². The third-order valence-electron chi connectivity index (χ3n) is 4.45. The van der Waals surface area contributed by atoms with Gasteiger partial charge in [0.15, 0.2) is 11.5 Å². The Morgan fingerprint density at radius 1 is 0.958 bits per heavy atom. The minimum Gasteiger partial charge on any atom is -0.493 e. The molecule has 0 bridgehead atoms. The maximum Gasteiger partial charge on any atom is 0.161 e. The van der Waals surface area contributed by atoms with E-state index in [1.165, 1.54) is 5.56 Å². The second kappa shape index (κ2) is 6.87. The molecule has 2 aromatic rings.